The molecule has 2 heterocycles. The molecular weight excluding hydrogens is 408 g/mol. The summed E-state index contributed by atoms with van der Waals surface area (Å²) in [5, 5.41) is 0.797. The first-order chi connectivity index (χ1) is 14.9. The number of carbonyl (C=O) groups excluding carboxylic acids is 1. The fraction of sp³-hybridized carbons (Fsp3) is 0.360. The average molecular weight is 437 g/mol. The zero-order valence-corrected chi connectivity index (χ0v) is 18.9. The summed E-state index contributed by atoms with van der Waals surface area (Å²) in [5.74, 6) is 0.0952. The number of unbranched alkanes of at least 4 members (excludes halogenated alkanes) is 1. The Labute approximate surface area is 184 Å². The number of hydrogen-bond acceptors (Lipinski definition) is 4. The van der Waals surface area contributed by atoms with Crippen LogP contribution in [0.15, 0.2) is 54.6 Å². The Bertz CT molecular complexity index is 1200. The molecule has 1 atom stereocenters. The van der Waals surface area contributed by atoms with Gasteiger partial charge in [0.1, 0.15) is 0 Å². The van der Waals surface area contributed by atoms with E-state index >= 15 is 0 Å². The van der Waals surface area contributed by atoms with E-state index in [1.165, 1.54) is 0 Å². The van der Waals surface area contributed by atoms with Gasteiger partial charge in [-0.15, -0.1) is 0 Å². The van der Waals surface area contributed by atoms with Crippen molar-refractivity contribution in [1.82, 2.24) is 9.88 Å². The molecule has 6 heteroatoms. The van der Waals surface area contributed by atoms with Gasteiger partial charge in [0.2, 0.25) is 0 Å². The quantitative estimate of drug-likeness (QED) is 0.565. The lowest BCUT2D eigenvalue weighted by Crippen LogP contribution is -2.42. The third-order valence-electron chi connectivity index (χ3n) is 5.96. The first kappa shape index (κ1) is 21.5. The summed E-state index contributed by atoms with van der Waals surface area (Å²) in [5.41, 5.74) is 4.21. The van der Waals surface area contributed by atoms with Crippen LogP contribution in [0.1, 0.15) is 42.1 Å². The lowest BCUT2D eigenvalue weighted by atomic mass is 10.0. The standard InChI is InChI=1S/C25H28N2O3S/c1-3-4-14-27(20-13-15-31(29,30)17-20)25(28)22-16-24(19-11-9-18(2)10-12-19)26-23-8-6-5-7-21(22)23/h5-12,16,20H,3-4,13-15,17H2,1-2H3. The van der Waals surface area contributed by atoms with Crippen LogP contribution in [0.4, 0.5) is 0 Å². The minimum absolute atomic E-state index is 0.0519. The molecule has 2 aromatic carbocycles. The van der Waals surface area contributed by atoms with Gasteiger partial charge in [-0.05, 0) is 31.9 Å². The van der Waals surface area contributed by atoms with E-state index in [0.717, 1.165) is 40.6 Å². The number of aryl methyl sites for hydroxylation is 1. The summed E-state index contributed by atoms with van der Waals surface area (Å²) in [6.45, 7) is 4.67. The van der Waals surface area contributed by atoms with Crippen molar-refractivity contribution in [2.45, 2.75) is 39.2 Å². The van der Waals surface area contributed by atoms with Crippen molar-refractivity contribution in [1.29, 1.82) is 0 Å². The van der Waals surface area contributed by atoms with Gasteiger partial charge in [-0.3, -0.25) is 4.79 Å². The van der Waals surface area contributed by atoms with E-state index in [4.69, 9.17) is 4.98 Å². The fourth-order valence-electron chi connectivity index (χ4n) is 4.18. The second kappa shape index (κ2) is 8.79. The SMILES string of the molecule is CCCCN(C(=O)c1cc(-c2ccc(C)cc2)nc2ccccc12)C1CCS(=O)(=O)C1. The van der Waals surface area contributed by atoms with Crippen LogP contribution in [0.3, 0.4) is 0 Å². The molecule has 0 N–H and O–H groups in total. The Balaban J connectivity index is 1.80. The van der Waals surface area contributed by atoms with Gasteiger partial charge >= 0.3 is 0 Å². The number of amides is 1. The molecule has 162 valence electrons. The Morgan fingerprint density at radius 2 is 1.87 bits per heavy atom. The average Bonchev–Trinajstić information content (AvgIpc) is 3.13. The Morgan fingerprint density at radius 1 is 1.13 bits per heavy atom. The molecule has 1 aliphatic heterocycles. The van der Waals surface area contributed by atoms with Gasteiger partial charge in [-0.1, -0.05) is 61.4 Å². The van der Waals surface area contributed by atoms with E-state index in [2.05, 4.69) is 6.92 Å². The molecular formula is C25H28N2O3S. The molecule has 1 aliphatic rings. The number of para-hydroxylation sites is 1. The molecule has 3 aromatic rings. The van der Waals surface area contributed by atoms with Gasteiger partial charge in [0.25, 0.3) is 5.91 Å². The summed E-state index contributed by atoms with van der Waals surface area (Å²) in [6, 6.07) is 17.3. The van der Waals surface area contributed by atoms with Crippen LogP contribution in [0.2, 0.25) is 0 Å². The number of rotatable bonds is 6. The van der Waals surface area contributed by atoms with E-state index in [-0.39, 0.29) is 23.5 Å². The van der Waals surface area contributed by atoms with Gasteiger partial charge in [0, 0.05) is 23.5 Å². The predicted molar refractivity (Wildman–Crippen MR) is 125 cm³/mol. The normalized spacial score (nSPS) is 17.7. The minimum atomic E-state index is -3.09. The van der Waals surface area contributed by atoms with Crippen molar-refractivity contribution < 1.29 is 13.2 Å². The number of sulfone groups is 1. The third kappa shape index (κ3) is 4.64. The minimum Gasteiger partial charge on any atom is -0.335 e. The maximum Gasteiger partial charge on any atom is 0.254 e. The van der Waals surface area contributed by atoms with Crippen molar-refractivity contribution in [3.05, 3.63) is 65.7 Å². The molecule has 1 aromatic heterocycles. The van der Waals surface area contributed by atoms with E-state index in [0.29, 0.717) is 18.5 Å². The third-order valence-corrected chi connectivity index (χ3v) is 7.71. The molecule has 0 radical (unpaired) electrons. The number of benzene rings is 2. The second-order valence-electron chi connectivity index (χ2n) is 8.35. The highest BCUT2D eigenvalue weighted by Gasteiger charge is 2.35. The van der Waals surface area contributed by atoms with E-state index < -0.39 is 9.84 Å². The lowest BCUT2D eigenvalue weighted by Gasteiger charge is -2.29. The number of carbonyl (C=O) groups is 1. The van der Waals surface area contributed by atoms with E-state index in [9.17, 15) is 13.2 Å². The van der Waals surface area contributed by atoms with E-state index in [1.54, 1.807) is 4.90 Å². The fourth-order valence-corrected chi connectivity index (χ4v) is 5.91. The van der Waals surface area contributed by atoms with Crippen LogP contribution in [-0.4, -0.2) is 48.3 Å². The Morgan fingerprint density at radius 3 is 2.55 bits per heavy atom. The molecule has 1 saturated heterocycles. The molecule has 4 rings (SSSR count). The van der Waals surface area contributed by atoms with Crippen molar-refractivity contribution in [3.8, 4) is 11.3 Å². The number of fused-ring (bicyclic) bond motifs is 1. The van der Waals surface area contributed by atoms with Crippen LogP contribution >= 0.6 is 0 Å². The monoisotopic (exact) mass is 436 g/mol. The first-order valence-electron chi connectivity index (χ1n) is 10.9. The van der Waals surface area contributed by atoms with Gasteiger partial charge in [0.05, 0.1) is 28.3 Å². The van der Waals surface area contributed by atoms with Crippen molar-refractivity contribution in [2.24, 2.45) is 0 Å². The molecule has 1 amide bonds. The predicted octanol–water partition coefficient (Wildman–Crippen LogP) is 4.64. The maximum atomic E-state index is 13.8. The Kier molecular flexibility index (Phi) is 6.10. The largest absolute Gasteiger partial charge is 0.335 e. The summed E-state index contributed by atoms with van der Waals surface area (Å²) < 4.78 is 24.2. The number of nitrogens with zero attached hydrogens (tertiary/aromatic N) is 2. The van der Waals surface area contributed by atoms with Gasteiger partial charge < -0.3 is 4.90 Å². The summed E-state index contributed by atoms with van der Waals surface area (Å²) in [4.78, 5) is 20.4. The van der Waals surface area contributed by atoms with Gasteiger partial charge in [-0.25, -0.2) is 13.4 Å². The molecule has 0 spiro atoms. The van der Waals surface area contributed by atoms with Crippen molar-refractivity contribution in [3.63, 3.8) is 0 Å². The second-order valence-corrected chi connectivity index (χ2v) is 10.6. The molecule has 0 aliphatic carbocycles. The van der Waals surface area contributed by atoms with Gasteiger partial charge in [-0.2, -0.15) is 0 Å². The zero-order chi connectivity index (χ0) is 22.0. The zero-order valence-electron chi connectivity index (χ0n) is 18.0. The molecule has 0 bridgehead atoms. The van der Waals surface area contributed by atoms with Crippen LogP contribution in [0.5, 0.6) is 0 Å². The number of pyridine rings is 1. The van der Waals surface area contributed by atoms with Crippen molar-refractivity contribution in [2.75, 3.05) is 18.1 Å². The topological polar surface area (TPSA) is 67.3 Å². The highest BCUT2D eigenvalue weighted by Crippen LogP contribution is 2.28. The van der Waals surface area contributed by atoms with Crippen LogP contribution in [0, 0.1) is 6.92 Å². The first-order valence-corrected chi connectivity index (χ1v) is 12.7. The Hall–Kier alpha value is -2.73. The number of hydrogen-bond donors (Lipinski definition) is 0. The molecule has 31 heavy (non-hydrogen) atoms. The van der Waals surface area contributed by atoms with Crippen LogP contribution < -0.4 is 0 Å². The van der Waals surface area contributed by atoms with E-state index in [1.807, 2.05) is 61.5 Å². The van der Waals surface area contributed by atoms with Gasteiger partial charge in [0.15, 0.2) is 9.84 Å². The highest BCUT2D eigenvalue weighted by atomic mass is 32.2. The molecule has 0 saturated carbocycles. The smallest absolute Gasteiger partial charge is 0.254 e. The number of aromatic nitrogens is 1. The highest BCUT2D eigenvalue weighted by molar-refractivity contribution is 7.91. The molecule has 1 unspecified atom stereocenters. The summed E-state index contributed by atoms with van der Waals surface area (Å²) in [7, 11) is -3.09. The summed E-state index contributed by atoms with van der Waals surface area (Å²) in [6.07, 6.45) is 2.29. The van der Waals surface area contributed by atoms with Crippen molar-refractivity contribution >= 4 is 26.6 Å². The van der Waals surface area contributed by atoms with Crippen LogP contribution in [0.25, 0.3) is 22.2 Å². The van der Waals surface area contributed by atoms with Crippen LogP contribution in [-0.2, 0) is 9.84 Å². The maximum absolute atomic E-state index is 13.8. The molecule has 5 nitrogen and oxygen atoms in total. The summed E-state index contributed by atoms with van der Waals surface area (Å²) >= 11 is 0. The molecule has 1 fully saturated rings. The lowest BCUT2D eigenvalue weighted by molar-refractivity contribution is 0.0696.